The molecule has 0 bridgehead atoms. The van der Waals surface area contributed by atoms with E-state index in [-0.39, 0.29) is 0 Å². The number of rotatable bonds is 2. The van der Waals surface area contributed by atoms with Gasteiger partial charge in [0.2, 0.25) is 0 Å². The number of pyridine rings is 1. The first-order valence-electron chi connectivity index (χ1n) is 5.16. The van der Waals surface area contributed by atoms with Gasteiger partial charge in [-0.2, -0.15) is 0 Å². The molecule has 0 radical (unpaired) electrons. The Kier molecular flexibility index (Phi) is 2.28. The van der Waals surface area contributed by atoms with Crippen molar-refractivity contribution in [2.24, 2.45) is 0 Å². The van der Waals surface area contributed by atoms with E-state index in [9.17, 15) is 0 Å². The lowest BCUT2D eigenvalue weighted by atomic mass is 10.1. The van der Waals surface area contributed by atoms with Gasteiger partial charge in [-0.25, -0.2) is 4.98 Å². The predicted octanol–water partition coefficient (Wildman–Crippen LogP) is 3.16. The van der Waals surface area contributed by atoms with Crippen LogP contribution in [-0.2, 0) is 0 Å². The smallest absolute Gasteiger partial charge is 0.139 e. The maximum atomic E-state index is 4.65. The van der Waals surface area contributed by atoms with Gasteiger partial charge in [-0.1, -0.05) is 19.9 Å². The predicted molar refractivity (Wildman–Crippen MR) is 58.6 cm³/mol. The summed E-state index contributed by atoms with van der Waals surface area (Å²) in [5, 5.41) is 0. The summed E-state index contributed by atoms with van der Waals surface area (Å²) in [5.41, 5.74) is 3.52. The van der Waals surface area contributed by atoms with Gasteiger partial charge in [-0.05, 0) is 30.9 Å². The molecule has 0 spiro atoms. The summed E-state index contributed by atoms with van der Waals surface area (Å²) < 4.78 is 2.11. The fourth-order valence-electron chi connectivity index (χ4n) is 1.62. The molecule has 14 heavy (non-hydrogen) atoms. The highest BCUT2D eigenvalue weighted by molar-refractivity contribution is 5.48. The van der Waals surface area contributed by atoms with Gasteiger partial charge in [0.05, 0.1) is 5.69 Å². The highest BCUT2D eigenvalue weighted by atomic mass is 15.0. The number of imidazole rings is 1. The van der Waals surface area contributed by atoms with Gasteiger partial charge in [0.25, 0.3) is 0 Å². The molecule has 74 valence electrons. The fourth-order valence-corrected chi connectivity index (χ4v) is 1.62. The standard InChI is InChI=1S/C12H16N2/c1-4-9(2)11-8-14-7-5-6-10(3)12(14)13-11/h5-9H,4H2,1-3H3. The molecule has 2 aromatic rings. The molecule has 2 aromatic heterocycles. The lowest BCUT2D eigenvalue weighted by molar-refractivity contribution is 0.714. The van der Waals surface area contributed by atoms with E-state index in [2.05, 4.69) is 54.7 Å². The summed E-state index contributed by atoms with van der Waals surface area (Å²) in [4.78, 5) is 4.65. The van der Waals surface area contributed by atoms with Crippen LogP contribution in [-0.4, -0.2) is 9.38 Å². The van der Waals surface area contributed by atoms with E-state index in [0.29, 0.717) is 5.92 Å². The maximum absolute atomic E-state index is 4.65. The molecule has 0 aliphatic heterocycles. The Morgan fingerprint density at radius 1 is 1.50 bits per heavy atom. The van der Waals surface area contributed by atoms with Crippen LogP contribution < -0.4 is 0 Å². The molecular formula is C12H16N2. The van der Waals surface area contributed by atoms with Crippen LogP contribution in [0.15, 0.2) is 24.5 Å². The summed E-state index contributed by atoms with van der Waals surface area (Å²) in [6.07, 6.45) is 5.33. The van der Waals surface area contributed by atoms with E-state index in [1.807, 2.05) is 0 Å². The summed E-state index contributed by atoms with van der Waals surface area (Å²) in [7, 11) is 0. The molecule has 2 rings (SSSR count). The molecule has 2 heterocycles. The molecule has 0 aliphatic rings. The zero-order valence-corrected chi connectivity index (χ0v) is 8.99. The molecule has 1 atom stereocenters. The van der Waals surface area contributed by atoms with Gasteiger partial charge in [0.15, 0.2) is 0 Å². The van der Waals surface area contributed by atoms with Crippen LogP contribution in [0.2, 0.25) is 0 Å². The molecular weight excluding hydrogens is 172 g/mol. The Balaban J connectivity index is 2.56. The van der Waals surface area contributed by atoms with Crippen LogP contribution in [0.4, 0.5) is 0 Å². The zero-order chi connectivity index (χ0) is 10.1. The molecule has 0 saturated heterocycles. The van der Waals surface area contributed by atoms with Crippen molar-refractivity contribution in [1.29, 1.82) is 0 Å². The van der Waals surface area contributed by atoms with E-state index in [1.165, 1.54) is 11.3 Å². The first kappa shape index (κ1) is 9.25. The first-order chi connectivity index (χ1) is 6.72. The third kappa shape index (κ3) is 1.41. The lowest BCUT2D eigenvalue weighted by Crippen LogP contribution is -1.90. The number of aromatic nitrogens is 2. The Labute approximate surface area is 84.6 Å². The number of hydrogen-bond donors (Lipinski definition) is 0. The third-order valence-corrected chi connectivity index (χ3v) is 2.81. The van der Waals surface area contributed by atoms with Gasteiger partial charge in [0.1, 0.15) is 5.65 Å². The zero-order valence-electron chi connectivity index (χ0n) is 8.99. The van der Waals surface area contributed by atoms with Crippen LogP contribution in [0.5, 0.6) is 0 Å². The summed E-state index contributed by atoms with van der Waals surface area (Å²) in [6, 6.07) is 4.16. The number of fused-ring (bicyclic) bond motifs is 1. The van der Waals surface area contributed by atoms with Crippen molar-refractivity contribution >= 4 is 5.65 Å². The van der Waals surface area contributed by atoms with Crippen LogP contribution in [0.3, 0.4) is 0 Å². The van der Waals surface area contributed by atoms with Crippen molar-refractivity contribution in [3.05, 3.63) is 35.8 Å². The molecule has 0 aromatic carbocycles. The molecule has 0 amide bonds. The van der Waals surface area contributed by atoms with Gasteiger partial charge in [-0.15, -0.1) is 0 Å². The van der Waals surface area contributed by atoms with E-state index in [1.54, 1.807) is 0 Å². The highest BCUT2D eigenvalue weighted by Crippen LogP contribution is 2.19. The molecule has 1 unspecified atom stereocenters. The molecule has 0 N–H and O–H groups in total. The van der Waals surface area contributed by atoms with Crippen molar-refractivity contribution in [3.8, 4) is 0 Å². The van der Waals surface area contributed by atoms with Gasteiger partial charge in [-0.3, -0.25) is 0 Å². The van der Waals surface area contributed by atoms with Crippen LogP contribution in [0.1, 0.15) is 37.4 Å². The van der Waals surface area contributed by atoms with Crippen molar-refractivity contribution in [1.82, 2.24) is 9.38 Å². The second-order valence-corrected chi connectivity index (χ2v) is 3.90. The number of aryl methyl sites for hydroxylation is 1. The minimum Gasteiger partial charge on any atom is -0.307 e. The molecule has 0 saturated carbocycles. The Morgan fingerprint density at radius 2 is 2.29 bits per heavy atom. The minimum absolute atomic E-state index is 0.550. The van der Waals surface area contributed by atoms with Crippen molar-refractivity contribution in [3.63, 3.8) is 0 Å². The second kappa shape index (κ2) is 3.45. The second-order valence-electron chi connectivity index (χ2n) is 3.90. The largest absolute Gasteiger partial charge is 0.307 e. The van der Waals surface area contributed by atoms with E-state index < -0.39 is 0 Å². The normalized spacial score (nSPS) is 13.4. The Hall–Kier alpha value is -1.31. The lowest BCUT2D eigenvalue weighted by Gasteiger charge is -2.01. The maximum Gasteiger partial charge on any atom is 0.139 e. The first-order valence-corrected chi connectivity index (χ1v) is 5.16. The SMILES string of the molecule is CCC(C)c1cn2cccc(C)c2n1. The molecule has 0 fully saturated rings. The molecule has 2 heteroatoms. The van der Waals surface area contributed by atoms with Crippen molar-refractivity contribution in [2.45, 2.75) is 33.1 Å². The third-order valence-electron chi connectivity index (χ3n) is 2.81. The average molecular weight is 188 g/mol. The van der Waals surface area contributed by atoms with Gasteiger partial charge >= 0.3 is 0 Å². The van der Waals surface area contributed by atoms with Gasteiger partial charge < -0.3 is 4.40 Å². The summed E-state index contributed by atoms with van der Waals surface area (Å²) in [6.45, 7) is 6.52. The van der Waals surface area contributed by atoms with Crippen LogP contribution in [0, 0.1) is 6.92 Å². The van der Waals surface area contributed by atoms with Gasteiger partial charge in [0, 0.05) is 12.4 Å². The molecule has 2 nitrogen and oxygen atoms in total. The van der Waals surface area contributed by atoms with E-state index in [0.717, 1.165) is 12.1 Å². The minimum atomic E-state index is 0.550. The quantitative estimate of drug-likeness (QED) is 0.707. The monoisotopic (exact) mass is 188 g/mol. The Bertz CT molecular complexity index is 443. The van der Waals surface area contributed by atoms with Crippen molar-refractivity contribution < 1.29 is 0 Å². The molecule has 0 aliphatic carbocycles. The number of nitrogens with zero attached hydrogens (tertiary/aromatic N) is 2. The fraction of sp³-hybridized carbons (Fsp3) is 0.417. The Morgan fingerprint density at radius 3 is 2.93 bits per heavy atom. The highest BCUT2D eigenvalue weighted by Gasteiger charge is 2.08. The average Bonchev–Trinajstić information content (AvgIpc) is 2.62. The number of hydrogen-bond acceptors (Lipinski definition) is 1. The van der Waals surface area contributed by atoms with Crippen LogP contribution >= 0.6 is 0 Å². The topological polar surface area (TPSA) is 17.3 Å². The van der Waals surface area contributed by atoms with E-state index >= 15 is 0 Å². The van der Waals surface area contributed by atoms with E-state index in [4.69, 9.17) is 0 Å². The summed E-state index contributed by atoms with van der Waals surface area (Å²) >= 11 is 0. The summed E-state index contributed by atoms with van der Waals surface area (Å²) in [5.74, 6) is 0.550. The van der Waals surface area contributed by atoms with Crippen molar-refractivity contribution in [2.75, 3.05) is 0 Å². The van der Waals surface area contributed by atoms with Crippen LogP contribution in [0.25, 0.3) is 5.65 Å².